The molecule has 0 fully saturated rings. The summed E-state index contributed by atoms with van der Waals surface area (Å²) in [5, 5.41) is 0.541. The van der Waals surface area contributed by atoms with E-state index in [1.807, 2.05) is 22.6 Å². The molecule has 0 saturated carbocycles. The molecule has 1 aromatic rings. The number of carbonyl (C=O) groups excluding carboxylic acids is 1. The Morgan fingerprint density at radius 2 is 2.50 bits per heavy atom. The van der Waals surface area contributed by atoms with Gasteiger partial charge < -0.3 is 9.72 Å². The maximum absolute atomic E-state index is 11.1. The maximum Gasteiger partial charge on any atom is 0.316 e. The van der Waals surface area contributed by atoms with Crippen molar-refractivity contribution in [3.05, 3.63) is 20.3 Å². The second-order valence-electron chi connectivity index (χ2n) is 2.22. The van der Waals surface area contributed by atoms with Crippen LogP contribution < -0.4 is 5.56 Å². The number of carbonyl (C=O) groups is 1. The lowest BCUT2D eigenvalue weighted by Gasteiger charge is -2.00. The topological polar surface area (TPSA) is 72.0 Å². The van der Waals surface area contributed by atoms with Crippen LogP contribution in [-0.2, 0) is 9.53 Å². The maximum atomic E-state index is 11.1. The first kappa shape index (κ1) is 11.5. The number of aromatic nitrogens is 2. The lowest BCUT2D eigenvalue weighted by atomic mass is 10.7. The number of H-pyrrole nitrogens is 1. The van der Waals surface area contributed by atoms with E-state index in [0.717, 1.165) is 0 Å². The number of aromatic amines is 1. The van der Waals surface area contributed by atoms with E-state index in [1.54, 1.807) is 0 Å². The first-order chi connectivity index (χ1) is 6.65. The average molecular weight is 326 g/mol. The Bertz CT molecular complexity index is 393. The van der Waals surface area contributed by atoms with Crippen molar-refractivity contribution < 1.29 is 9.53 Å². The van der Waals surface area contributed by atoms with E-state index >= 15 is 0 Å². The van der Waals surface area contributed by atoms with Gasteiger partial charge in [0.05, 0.1) is 19.2 Å². The minimum Gasteiger partial charge on any atom is -0.468 e. The van der Waals surface area contributed by atoms with Crippen LogP contribution in [0, 0.1) is 3.57 Å². The van der Waals surface area contributed by atoms with E-state index < -0.39 is 0 Å². The second kappa shape index (κ2) is 5.35. The van der Waals surface area contributed by atoms with Crippen molar-refractivity contribution in [1.82, 2.24) is 9.97 Å². The summed E-state index contributed by atoms with van der Waals surface area (Å²) in [6.45, 7) is 0. The Hall–Kier alpha value is -0.570. The molecule has 0 spiro atoms. The molecule has 1 aromatic heterocycles. The molecule has 14 heavy (non-hydrogen) atoms. The highest BCUT2D eigenvalue weighted by molar-refractivity contribution is 14.1. The van der Waals surface area contributed by atoms with Gasteiger partial charge in [-0.3, -0.25) is 9.59 Å². The van der Waals surface area contributed by atoms with E-state index in [4.69, 9.17) is 0 Å². The van der Waals surface area contributed by atoms with Gasteiger partial charge in [0.25, 0.3) is 5.56 Å². The summed E-state index contributed by atoms with van der Waals surface area (Å²) in [5.74, 6) is -0.184. The number of rotatable bonds is 3. The van der Waals surface area contributed by atoms with Gasteiger partial charge in [0.1, 0.15) is 8.60 Å². The van der Waals surface area contributed by atoms with Gasteiger partial charge >= 0.3 is 5.97 Å². The fraction of sp³-hybridized carbons (Fsp3) is 0.286. The molecule has 76 valence electrons. The van der Waals surface area contributed by atoms with Crippen LogP contribution in [0.3, 0.4) is 0 Å². The fourth-order valence-electron chi connectivity index (χ4n) is 0.654. The Labute approximate surface area is 97.8 Å². The van der Waals surface area contributed by atoms with Crippen molar-refractivity contribution in [2.75, 3.05) is 12.9 Å². The summed E-state index contributed by atoms with van der Waals surface area (Å²) in [5.41, 5.74) is -0.201. The second-order valence-corrected chi connectivity index (χ2v) is 4.26. The monoisotopic (exact) mass is 326 g/mol. The standard InChI is InChI=1S/C7H7IN2O3S/c1-13-4(11)2-14-7-5(8)6(12)9-3-10-7/h3H,2H2,1H3,(H,9,10,12). The van der Waals surface area contributed by atoms with Gasteiger partial charge in [-0.2, -0.15) is 0 Å². The molecule has 0 amide bonds. The third-order valence-corrected chi connectivity index (χ3v) is 3.65. The quantitative estimate of drug-likeness (QED) is 0.382. The number of nitrogens with zero attached hydrogens (tertiary/aromatic N) is 1. The predicted molar refractivity (Wildman–Crippen MR) is 60.3 cm³/mol. The molecule has 5 nitrogen and oxygen atoms in total. The van der Waals surface area contributed by atoms with E-state index in [-0.39, 0.29) is 17.3 Å². The van der Waals surface area contributed by atoms with Gasteiger partial charge in [-0.05, 0) is 22.6 Å². The van der Waals surface area contributed by atoms with Crippen molar-refractivity contribution in [3.8, 4) is 0 Å². The molecule has 0 aliphatic rings. The number of nitrogens with one attached hydrogen (secondary N) is 1. The highest BCUT2D eigenvalue weighted by Gasteiger charge is 2.08. The minimum atomic E-state index is -0.340. The molecule has 1 N–H and O–H groups in total. The molecule has 0 saturated heterocycles. The summed E-state index contributed by atoms with van der Waals surface area (Å²) in [6.07, 6.45) is 1.31. The first-order valence-corrected chi connectivity index (χ1v) is 5.64. The zero-order valence-electron chi connectivity index (χ0n) is 7.24. The fourth-order valence-corrected chi connectivity index (χ4v) is 2.13. The van der Waals surface area contributed by atoms with Crippen LogP contribution in [0.2, 0.25) is 0 Å². The van der Waals surface area contributed by atoms with Crippen LogP contribution in [0.15, 0.2) is 16.1 Å². The molecule has 0 atom stereocenters. The van der Waals surface area contributed by atoms with Gasteiger partial charge in [0.2, 0.25) is 0 Å². The third kappa shape index (κ3) is 2.98. The van der Waals surface area contributed by atoms with Crippen molar-refractivity contribution in [2.24, 2.45) is 0 Å². The lowest BCUT2D eigenvalue weighted by Crippen LogP contribution is -2.12. The molecule has 0 radical (unpaired) electrons. The van der Waals surface area contributed by atoms with Crippen molar-refractivity contribution >= 4 is 40.3 Å². The zero-order chi connectivity index (χ0) is 10.6. The average Bonchev–Trinajstić information content (AvgIpc) is 2.20. The Balaban J connectivity index is 2.73. The SMILES string of the molecule is COC(=O)CSc1nc[nH]c(=O)c1I. The number of methoxy groups -OCH3 is 1. The Morgan fingerprint density at radius 1 is 1.79 bits per heavy atom. The van der Waals surface area contributed by atoms with Gasteiger partial charge in [-0.15, -0.1) is 0 Å². The molecule has 0 aliphatic heterocycles. The van der Waals surface area contributed by atoms with Crippen LogP contribution in [0.25, 0.3) is 0 Å². The Kier molecular flexibility index (Phi) is 4.39. The molecule has 1 heterocycles. The highest BCUT2D eigenvalue weighted by atomic mass is 127. The molecule has 0 bridgehead atoms. The van der Waals surface area contributed by atoms with E-state index in [0.29, 0.717) is 8.60 Å². The van der Waals surface area contributed by atoms with Gasteiger partial charge in [-0.25, -0.2) is 4.98 Å². The number of thioether (sulfide) groups is 1. The number of hydrogen-bond donors (Lipinski definition) is 1. The molecule has 0 aromatic carbocycles. The van der Waals surface area contributed by atoms with Gasteiger partial charge in [0.15, 0.2) is 0 Å². The first-order valence-electron chi connectivity index (χ1n) is 3.58. The van der Waals surface area contributed by atoms with Crippen LogP contribution in [-0.4, -0.2) is 28.8 Å². The minimum absolute atomic E-state index is 0.156. The van der Waals surface area contributed by atoms with Gasteiger partial charge in [-0.1, -0.05) is 11.8 Å². The van der Waals surface area contributed by atoms with Crippen LogP contribution in [0.5, 0.6) is 0 Å². The predicted octanol–water partition coefficient (Wildman–Crippen LogP) is 0.640. The summed E-state index contributed by atoms with van der Waals surface area (Å²) in [7, 11) is 1.32. The molecule has 0 unspecified atom stereocenters. The molecular weight excluding hydrogens is 319 g/mol. The van der Waals surface area contributed by atoms with Crippen molar-refractivity contribution in [3.63, 3.8) is 0 Å². The smallest absolute Gasteiger partial charge is 0.316 e. The largest absolute Gasteiger partial charge is 0.468 e. The Morgan fingerprint density at radius 3 is 3.14 bits per heavy atom. The number of esters is 1. The van der Waals surface area contributed by atoms with Gasteiger partial charge in [0, 0.05) is 0 Å². The molecule has 0 aliphatic carbocycles. The number of halogens is 1. The lowest BCUT2D eigenvalue weighted by molar-refractivity contribution is -0.137. The normalized spacial score (nSPS) is 9.86. The summed E-state index contributed by atoms with van der Waals surface area (Å²) in [4.78, 5) is 28.3. The van der Waals surface area contributed by atoms with E-state index in [1.165, 1.54) is 25.2 Å². The summed E-state index contributed by atoms with van der Waals surface area (Å²) >= 11 is 3.07. The summed E-state index contributed by atoms with van der Waals surface area (Å²) < 4.78 is 4.95. The van der Waals surface area contributed by atoms with Crippen LogP contribution in [0.4, 0.5) is 0 Å². The molecule has 7 heteroatoms. The van der Waals surface area contributed by atoms with E-state index in [9.17, 15) is 9.59 Å². The third-order valence-electron chi connectivity index (χ3n) is 1.32. The van der Waals surface area contributed by atoms with Crippen LogP contribution >= 0.6 is 34.4 Å². The number of hydrogen-bond acceptors (Lipinski definition) is 5. The molecular formula is C7H7IN2O3S. The van der Waals surface area contributed by atoms with Crippen molar-refractivity contribution in [1.29, 1.82) is 0 Å². The van der Waals surface area contributed by atoms with E-state index in [2.05, 4.69) is 14.7 Å². The molecule has 1 rings (SSSR count). The van der Waals surface area contributed by atoms with Crippen molar-refractivity contribution in [2.45, 2.75) is 5.03 Å². The zero-order valence-corrected chi connectivity index (χ0v) is 10.2. The highest BCUT2D eigenvalue weighted by Crippen LogP contribution is 2.18. The number of ether oxygens (including phenoxy) is 1. The van der Waals surface area contributed by atoms with Crippen LogP contribution in [0.1, 0.15) is 0 Å². The summed E-state index contributed by atoms with van der Waals surface area (Å²) in [6, 6.07) is 0.